The van der Waals surface area contributed by atoms with Gasteiger partial charge in [-0.2, -0.15) is 0 Å². The van der Waals surface area contributed by atoms with Crippen LogP contribution in [0.2, 0.25) is 0 Å². The van der Waals surface area contributed by atoms with E-state index in [1.807, 2.05) is 6.92 Å². The topological polar surface area (TPSA) is 66.8 Å². The maximum absolute atomic E-state index is 11.6. The Morgan fingerprint density at radius 2 is 2.21 bits per heavy atom. The highest BCUT2D eigenvalue weighted by Crippen LogP contribution is 2.43. The number of hydrogen-bond donors (Lipinski definition) is 2. The van der Waals surface area contributed by atoms with Gasteiger partial charge in [0.1, 0.15) is 6.10 Å². The third-order valence-corrected chi connectivity index (χ3v) is 4.31. The summed E-state index contributed by atoms with van der Waals surface area (Å²) in [6.45, 7) is 7.95. The number of fused-ring (bicyclic) bond motifs is 1. The molecule has 4 heteroatoms. The number of rotatable bonds is 4. The largest absolute Gasteiger partial charge is 0.458 e. The molecule has 2 N–H and O–H groups in total. The number of esters is 1. The monoisotopic (exact) mass is 266 g/mol. The molecule has 4 atom stereocenters. The van der Waals surface area contributed by atoms with Gasteiger partial charge < -0.3 is 14.9 Å². The van der Waals surface area contributed by atoms with Gasteiger partial charge >= 0.3 is 5.97 Å². The van der Waals surface area contributed by atoms with E-state index in [4.69, 9.17) is 9.84 Å². The van der Waals surface area contributed by atoms with E-state index in [2.05, 4.69) is 13.5 Å². The fourth-order valence-corrected chi connectivity index (χ4v) is 3.34. The maximum atomic E-state index is 11.6. The molecule has 1 saturated heterocycles. The fraction of sp³-hybridized carbons (Fsp3) is 0.667. The smallest absolute Gasteiger partial charge is 0.334 e. The minimum absolute atomic E-state index is 0.160. The molecule has 1 heterocycles. The minimum atomic E-state index is -0.689. The molecule has 1 aliphatic carbocycles. The summed E-state index contributed by atoms with van der Waals surface area (Å²) in [4.78, 5) is 11.6. The number of carbonyl (C=O) groups is 1. The third-order valence-electron chi connectivity index (χ3n) is 4.31. The van der Waals surface area contributed by atoms with Crippen molar-refractivity contribution in [1.29, 1.82) is 0 Å². The van der Waals surface area contributed by atoms with Gasteiger partial charge in [0.2, 0.25) is 0 Å². The molecular formula is C15H22O4. The van der Waals surface area contributed by atoms with Gasteiger partial charge in [0.25, 0.3) is 0 Å². The lowest BCUT2D eigenvalue weighted by molar-refractivity contribution is -0.139. The van der Waals surface area contributed by atoms with Crippen molar-refractivity contribution in [2.24, 2.45) is 11.8 Å². The third kappa shape index (κ3) is 2.47. The van der Waals surface area contributed by atoms with Gasteiger partial charge in [0.15, 0.2) is 0 Å². The summed E-state index contributed by atoms with van der Waals surface area (Å²) in [7, 11) is 0. The first kappa shape index (κ1) is 14.3. The molecule has 2 unspecified atom stereocenters. The highest BCUT2D eigenvalue weighted by Gasteiger charge is 2.47. The molecule has 0 amide bonds. The number of carbonyl (C=O) groups excluding carboxylic acids is 1. The minimum Gasteiger partial charge on any atom is -0.458 e. The molecule has 1 aliphatic heterocycles. The second-order valence-corrected chi connectivity index (χ2v) is 5.65. The normalized spacial score (nSPS) is 32.3. The van der Waals surface area contributed by atoms with Gasteiger partial charge in [-0.3, -0.25) is 0 Å². The van der Waals surface area contributed by atoms with Crippen LogP contribution >= 0.6 is 0 Å². The summed E-state index contributed by atoms with van der Waals surface area (Å²) in [5.74, 6) is -0.486. The molecule has 2 aliphatic rings. The zero-order valence-electron chi connectivity index (χ0n) is 11.6. The van der Waals surface area contributed by atoms with Crippen molar-refractivity contribution >= 4 is 5.97 Å². The molecule has 19 heavy (non-hydrogen) atoms. The number of ether oxygens (including phenoxy) is 1. The van der Waals surface area contributed by atoms with Gasteiger partial charge in [-0.05, 0) is 31.3 Å². The van der Waals surface area contributed by atoms with E-state index in [0.717, 1.165) is 24.0 Å². The molecule has 0 radical (unpaired) electrons. The van der Waals surface area contributed by atoms with Gasteiger partial charge in [-0.1, -0.05) is 19.1 Å². The van der Waals surface area contributed by atoms with Crippen molar-refractivity contribution in [3.8, 4) is 0 Å². The average molecular weight is 266 g/mol. The Balaban J connectivity index is 2.22. The van der Waals surface area contributed by atoms with Crippen LogP contribution in [0.3, 0.4) is 0 Å². The van der Waals surface area contributed by atoms with E-state index in [-0.39, 0.29) is 30.5 Å². The van der Waals surface area contributed by atoms with Gasteiger partial charge in [0, 0.05) is 18.6 Å². The molecular weight excluding hydrogens is 244 g/mol. The SMILES string of the molecule is C=C1C(=O)O[C@@H]2CC(C)=C(C(C)CCCO)C(O)[C@H]12. The molecule has 2 rings (SSSR count). The van der Waals surface area contributed by atoms with Gasteiger partial charge in [-0.15, -0.1) is 0 Å². The second-order valence-electron chi connectivity index (χ2n) is 5.65. The second kappa shape index (κ2) is 5.47. The van der Waals surface area contributed by atoms with E-state index in [1.165, 1.54) is 0 Å². The Kier molecular flexibility index (Phi) is 4.11. The van der Waals surface area contributed by atoms with E-state index in [9.17, 15) is 9.90 Å². The fourth-order valence-electron chi connectivity index (χ4n) is 3.34. The summed E-state index contributed by atoms with van der Waals surface area (Å²) in [6.07, 6.45) is 1.27. The van der Waals surface area contributed by atoms with Crippen molar-refractivity contribution in [3.63, 3.8) is 0 Å². The number of aliphatic hydroxyl groups excluding tert-OH is 2. The maximum Gasteiger partial charge on any atom is 0.334 e. The molecule has 0 aromatic rings. The summed E-state index contributed by atoms with van der Waals surface area (Å²) in [5, 5.41) is 19.5. The Hall–Kier alpha value is -1.13. The van der Waals surface area contributed by atoms with Crippen LogP contribution in [0.1, 0.15) is 33.1 Å². The highest BCUT2D eigenvalue weighted by atomic mass is 16.6. The van der Waals surface area contributed by atoms with Crippen molar-refractivity contribution in [3.05, 3.63) is 23.3 Å². The first-order chi connectivity index (χ1) is 8.97. The summed E-state index contributed by atoms with van der Waals surface area (Å²) < 4.78 is 5.25. The summed E-state index contributed by atoms with van der Waals surface area (Å²) in [6, 6.07) is 0. The zero-order valence-corrected chi connectivity index (χ0v) is 11.6. The van der Waals surface area contributed by atoms with Crippen molar-refractivity contribution in [2.45, 2.75) is 45.3 Å². The van der Waals surface area contributed by atoms with Crippen LogP contribution < -0.4 is 0 Å². The quantitative estimate of drug-likeness (QED) is 0.460. The zero-order chi connectivity index (χ0) is 14.2. The summed E-state index contributed by atoms with van der Waals surface area (Å²) in [5.41, 5.74) is 2.48. The van der Waals surface area contributed by atoms with Crippen LogP contribution in [0.4, 0.5) is 0 Å². The lowest BCUT2D eigenvalue weighted by atomic mass is 9.73. The molecule has 0 aromatic carbocycles. The first-order valence-corrected chi connectivity index (χ1v) is 6.85. The Morgan fingerprint density at radius 3 is 2.84 bits per heavy atom. The Morgan fingerprint density at radius 1 is 1.53 bits per heavy atom. The van der Waals surface area contributed by atoms with Crippen molar-refractivity contribution in [2.75, 3.05) is 6.61 Å². The van der Waals surface area contributed by atoms with E-state index in [1.54, 1.807) is 0 Å². The summed E-state index contributed by atoms with van der Waals surface area (Å²) >= 11 is 0. The van der Waals surface area contributed by atoms with Crippen molar-refractivity contribution in [1.82, 2.24) is 0 Å². The van der Waals surface area contributed by atoms with Gasteiger partial charge in [-0.25, -0.2) is 4.79 Å². The van der Waals surface area contributed by atoms with E-state index in [0.29, 0.717) is 12.0 Å². The van der Waals surface area contributed by atoms with E-state index < -0.39 is 6.10 Å². The molecule has 1 fully saturated rings. The van der Waals surface area contributed by atoms with Gasteiger partial charge in [0.05, 0.1) is 12.0 Å². The molecule has 0 saturated carbocycles. The predicted molar refractivity (Wildman–Crippen MR) is 71.3 cm³/mol. The lowest BCUT2D eigenvalue weighted by Crippen LogP contribution is -2.37. The lowest BCUT2D eigenvalue weighted by Gasteiger charge is -2.35. The number of aliphatic hydroxyl groups is 2. The highest BCUT2D eigenvalue weighted by molar-refractivity contribution is 5.91. The van der Waals surface area contributed by atoms with Crippen LogP contribution in [0, 0.1) is 11.8 Å². The standard InChI is InChI=1S/C15H22O4/c1-8(5-4-6-16)12-9(2)7-11-13(14(12)17)10(3)15(18)19-11/h8,11,13-14,16-17H,3-7H2,1-2H3/t8?,11-,13-,14?/m1/s1. The number of hydrogen-bond acceptors (Lipinski definition) is 4. The Labute approximate surface area is 113 Å². The van der Waals surface area contributed by atoms with Crippen LogP contribution in [0.5, 0.6) is 0 Å². The molecule has 0 aromatic heterocycles. The van der Waals surface area contributed by atoms with Crippen LogP contribution in [-0.4, -0.2) is 35.0 Å². The van der Waals surface area contributed by atoms with E-state index >= 15 is 0 Å². The van der Waals surface area contributed by atoms with Crippen LogP contribution in [0.25, 0.3) is 0 Å². The predicted octanol–water partition coefficient (Wildman–Crippen LogP) is 1.57. The average Bonchev–Trinajstić information content (AvgIpc) is 2.62. The van der Waals surface area contributed by atoms with Crippen LogP contribution in [0.15, 0.2) is 23.3 Å². The molecule has 0 spiro atoms. The molecule has 0 bridgehead atoms. The molecule has 4 nitrogen and oxygen atoms in total. The first-order valence-electron chi connectivity index (χ1n) is 6.85. The molecule has 106 valence electrons. The van der Waals surface area contributed by atoms with Crippen LogP contribution in [-0.2, 0) is 9.53 Å². The Bertz CT molecular complexity index is 424. The van der Waals surface area contributed by atoms with Crippen molar-refractivity contribution < 1.29 is 19.7 Å².